The van der Waals surface area contributed by atoms with Crippen molar-refractivity contribution in [3.63, 3.8) is 0 Å². The molecule has 3 aliphatic rings. The third-order valence-electron chi connectivity index (χ3n) is 5.71. The van der Waals surface area contributed by atoms with E-state index in [0.717, 1.165) is 5.56 Å². The van der Waals surface area contributed by atoms with Crippen LogP contribution >= 0.6 is 0 Å². The van der Waals surface area contributed by atoms with Gasteiger partial charge in [-0.3, -0.25) is 9.59 Å². The van der Waals surface area contributed by atoms with Crippen molar-refractivity contribution in [3.8, 4) is 0 Å². The lowest BCUT2D eigenvalue weighted by atomic mass is 9.77. The molecular formula is C21H25NO4. The van der Waals surface area contributed by atoms with Gasteiger partial charge in [-0.25, -0.2) is 0 Å². The van der Waals surface area contributed by atoms with Crippen LogP contribution in [0.1, 0.15) is 32.4 Å². The molecule has 138 valence electrons. The molecule has 1 amide bonds. The van der Waals surface area contributed by atoms with Crippen molar-refractivity contribution in [1.29, 1.82) is 0 Å². The number of fused-ring (bicyclic) bond motifs is 1. The Balaban J connectivity index is 1.58. The van der Waals surface area contributed by atoms with Crippen molar-refractivity contribution in [2.75, 3.05) is 13.2 Å². The predicted octanol–water partition coefficient (Wildman–Crippen LogP) is 2.73. The van der Waals surface area contributed by atoms with Crippen LogP contribution in [0.3, 0.4) is 0 Å². The van der Waals surface area contributed by atoms with Gasteiger partial charge in [-0.1, -0.05) is 56.3 Å². The molecule has 2 saturated heterocycles. The fraction of sp³-hybridized carbons (Fsp3) is 0.524. The number of benzene rings is 1. The van der Waals surface area contributed by atoms with E-state index in [1.54, 1.807) is 0 Å². The molecule has 5 atom stereocenters. The van der Waals surface area contributed by atoms with E-state index in [2.05, 4.69) is 0 Å². The molecule has 26 heavy (non-hydrogen) atoms. The quantitative estimate of drug-likeness (QED) is 0.602. The van der Waals surface area contributed by atoms with Crippen LogP contribution in [0.4, 0.5) is 0 Å². The maximum Gasteiger partial charge on any atom is 0.312 e. The molecule has 0 unspecified atom stereocenters. The summed E-state index contributed by atoms with van der Waals surface area (Å²) in [4.78, 5) is 27.7. The number of esters is 1. The van der Waals surface area contributed by atoms with E-state index < -0.39 is 17.4 Å². The average molecular weight is 355 g/mol. The molecule has 0 N–H and O–H groups in total. The number of likely N-dealkylation sites (tertiary alicyclic amines) is 1. The maximum absolute atomic E-state index is 13.2. The first-order chi connectivity index (χ1) is 12.4. The molecule has 3 heterocycles. The lowest BCUT2D eigenvalue weighted by Crippen LogP contribution is -2.40. The summed E-state index contributed by atoms with van der Waals surface area (Å²) >= 11 is 0. The highest BCUT2D eigenvalue weighted by Crippen LogP contribution is 2.53. The third-order valence-corrected chi connectivity index (χ3v) is 5.71. The Morgan fingerprint density at radius 1 is 1.31 bits per heavy atom. The predicted molar refractivity (Wildman–Crippen MR) is 96.1 cm³/mol. The molecule has 0 saturated carbocycles. The molecule has 0 radical (unpaired) electrons. The van der Waals surface area contributed by atoms with Crippen LogP contribution < -0.4 is 0 Å². The van der Waals surface area contributed by atoms with Gasteiger partial charge in [0.1, 0.15) is 11.5 Å². The van der Waals surface area contributed by atoms with Crippen molar-refractivity contribution in [2.24, 2.45) is 17.8 Å². The normalized spacial score (nSPS) is 33.0. The topological polar surface area (TPSA) is 55.8 Å². The molecule has 2 fully saturated rings. The first-order valence-corrected chi connectivity index (χ1v) is 9.32. The second kappa shape index (κ2) is 6.23. The summed E-state index contributed by atoms with van der Waals surface area (Å²) in [6.07, 6.45) is 3.55. The largest absolute Gasteiger partial charge is 0.465 e. The smallest absolute Gasteiger partial charge is 0.312 e. The summed E-state index contributed by atoms with van der Waals surface area (Å²) in [6.45, 7) is 6.86. The monoisotopic (exact) mass is 355 g/mol. The highest BCUT2D eigenvalue weighted by molar-refractivity contribution is 5.91. The summed E-state index contributed by atoms with van der Waals surface area (Å²) in [6, 6.07) is 9.88. The fourth-order valence-electron chi connectivity index (χ4n) is 4.38. The summed E-state index contributed by atoms with van der Waals surface area (Å²) in [7, 11) is 0. The molecular weight excluding hydrogens is 330 g/mol. The number of ether oxygens (including phenoxy) is 2. The maximum atomic E-state index is 13.2. The molecule has 1 aromatic rings. The molecule has 5 heteroatoms. The lowest BCUT2D eigenvalue weighted by Gasteiger charge is -2.27. The SMILES string of the molecule is CC(C)COC(=O)[C@@H]1[C@H]2C=C[C@@]3(CN([C@@H](C)c4ccccc4)C(=O)[C@@H]13)O2. The first kappa shape index (κ1) is 17.3. The minimum atomic E-state index is -0.688. The van der Waals surface area contributed by atoms with E-state index in [9.17, 15) is 9.59 Å². The lowest BCUT2D eigenvalue weighted by molar-refractivity contribution is -0.155. The van der Waals surface area contributed by atoms with Crippen molar-refractivity contribution >= 4 is 11.9 Å². The van der Waals surface area contributed by atoms with Crippen LogP contribution in [0.25, 0.3) is 0 Å². The Morgan fingerprint density at radius 2 is 2.04 bits per heavy atom. The van der Waals surface area contributed by atoms with E-state index in [0.29, 0.717) is 13.2 Å². The van der Waals surface area contributed by atoms with Gasteiger partial charge in [0.2, 0.25) is 5.91 Å². The van der Waals surface area contributed by atoms with Crippen LogP contribution in [-0.2, 0) is 19.1 Å². The number of rotatable bonds is 5. The summed E-state index contributed by atoms with van der Waals surface area (Å²) in [5.41, 5.74) is 0.390. The average Bonchev–Trinajstić information content (AvgIpc) is 3.28. The molecule has 0 aliphatic carbocycles. The zero-order valence-electron chi connectivity index (χ0n) is 15.4. The number of hydrogen-bond donors (Lipinski definition) is 0. The molecule has 0 aromatic heterocycles. The zero-order chi connectivity index (χ0) is 18.5. The Morgan fingerprint density at radius 3 is 2.73 bits per heavy atom. The Bertz CT molecular complexity index is 744. The number of amides is 1. The van der Waals surface area contributed by atoms with Gasteiger partial charge in [-0.15, -0.1) is 0 Å². The van der Waals surface area contributed by atoms with Crippen molar-refractivity contribution < 1.29 is 19.1 Å². The summed E-state index contributed by atoms with van der Waals surface area (Å²) in [5, 5.41) is 0. The molecule has 3 aliphatic heterocycles. The second-order valence-corrected chi connectivity index (χ2v) is 7.98. The molecule has 1 spiro atoms. The second-order valence-electron chi connectivity index (χ2n) is 7.98. The van der Waals surface area contributed by atoms with Gasteiger partial charge in [0.05, 0.1) is 31.2 Å². The first-order valence-electron chi connectivity index (χ1n) is 9.32. The Kier molecular flexibility index (Phi) is 4.14. The van der Waals surface area contributed by atoms with Crippen LogP contribution in [0.15, 0.2) is 42.5 Å². The van der Waals surface area contributed by atoms with E-state index >= 15 is 0 Å². The molecule has 1 aromatic carbocycles. The van der Waals surface area contributed by atoms with Gasteiger partial charge < -0.3 is 14.4 Å². The number of carbonyl (C=O) groups is 2. The van der Waals surface area contributed by atoms with Gasteiger partial charge in [0.15, 0.2) is 0 Å². The van der Waals surface area contributed by atoms with E-state index in [-0.39, 0.29) is 29.9 Å². The van der Waals surface area contributed by atoms with Crippen molar-refractivity contribution in [2.45, 2.75) is 38.5 Å². The zero-order valence-corrected chi connectivity index (χ0v) is 15.4. The third kappa shape index (κ3) is 2.57. The minimum Gasteiger partial charge on any atom is -0.465 e. The molecule has 5 nitrogen and oxygen atoms in total. The van der Waals surface area contributed by atoms with Crippen molar-refractivity contribution in [3.05, 3.63) is 48.0 Å². The summed E-state index contributed by atoms with van der Waals surface area (Å²) in [5.74, 6) is -1.10. The van der Waals surface area contributed by atoms with Gasteiger partial charge in [-0.2, -0.15) is 0 Å². The van der Waals surface area contributed by atoms with Crippen LogP contribution in [0.5, 0.6) is 0 Å². The highest BCUT2D eigenvalue weighted by atomic mass is 16.6. The van der Waals surface area contributed by atoms with E-state index in [4.69, 9.17) is 9.47 Å². The van der Waals surface area contributed by atoms with E-state index in [1.165, 1.54) is 0 Å². The van der Waals surface area contributed by atoms with Crippen LogP contribution in [0, 0.1) is 17.8 Å². The molecule has 4 rings (SSSR count). The van der Waals surface area contributed by atoms with Gasteiger partial charge in [0, 0.05) is 0 Å². The number of carbonyl (C=O) groups excluding carboxylic acids is 2. The highest BCUT2D eigenvalue weighted by Gasteiger charge is 2.67. The molecule has 2 bridgehead atoms. The van der Waals surface area contributed by atoms with Gasteiger partial charge in [-0.05, 0) is 18.4 Å². The van der Waals surface area contributed by atoms with E-state index in [1.807, 2.05) is 68.2 Å². The Hall–Kier alpha value is -2.14. The summed E-state index contributed by atoms with van der Waals surface area (Å²) < 4.78 is 11.6. The minimum absolute atomic E-state index is 0.0142. The standard InChI is InChI=1S/C21H25NO4/c1-13(2)11-25-20(24)17-16-9-10-21(26-16)12-22(19(23)18(17)21)14(3)15-7-5-4-6-8-15/h4-10,13-14,16-18H,11-12H2,1-3H3/t14-,16+,17+,18+,21-/m0/s1. The van der Waals surface area contributed by atoms with Gasteiger partial charge in [0.25, 0.3) is 0 Å². The van der Waals surface area contributed by atoms with Crippen molar-refractivity contribution in [1.82, 2.24) is 4.90 Å². The fourth-order valence-corrected chi connectivity index (χ4v) is 4.38. The van der Waals surface area contributed by atoms with Crippen LogP contribution in [-0.4, -0.2) is 41.6 Å². The number of hydrogen-bond acceptors (Lipinski definition) is 4. The Labute approximate surface area is 154 Å². The van der Waals surface area contributed by atoms with Crippen LogP contribution in [0.2, 0.25) is 0 Å². The van der Waals surface area contributed by atoms with Gasteiger partial charge >= 0.3 is 5.97 Å². The number of nitrogens with zero attached hydrogens (tertiary/aromatic N) is 1.